The fraction of sp³-hybridized carbons (Fsp3) is 0.273. The van der Waals surface area contributed by atoms with Gasteiger partial charge in [0.05, 0.1) is 19.2 Å². The van der Waals surface area contributed by atoms with E-state index in [9.17, 15) is 0 Å². The molecule has 1 rings (SSSR count). The van der Waals surface area contributed by atoms with Crippen molar-refractivity contribution in [2.45, 2.75) is 19.6 Å². The maximum absolute atomic E-state index is 8.94. The summed E-state index contributed by atoms with van der Waals surface area (Å²) in [5, 5.41) is 19.1. The lowest BCUT2D eigenvalue weighted by Crippen LogP contribution is -2.40. The average Bonchev–Trinajstić information content (AvgIpc) is 2.15. The second-order valence-corrected chi connectivity index (χ2v) is 10.6. The van der Waals surface area contributed by atoms with Crippen LogP contribution in [0, 0.1) is 26.2 Å². The lowest BCUT2D eigenvalue weighted by atomic mass is 10.1. The molecule has 0 heterocycles. The Morgan fingerprint density at radius 3 is 1.93 bits per heavy atom. The molecule has 0 N–H and O–H groups in total. The van der Waals surface area contributed by atoms with Crippen molar-refractivity contribution in [1.82, 2.24) is 0 Å². The molecule has 0 bridgehead atoms. The van der Waals surface area contributed by atoms with Crippen LogP contribution in [0.1, 0.15) is 11.1 Å². The van der Waals surface area contributed by atoms with Crippen LogP contribution in [-0.2, 0) is 0 Å². The molecule has 0 saturated heterocycles. The lowest BCUT2D eigenvalue weighted by molar-refractivity contribution is 1.43. The van der Waals surface area contributed by atoms with Crippen LogP contribution in [0.25, 0.3) is 0 Å². The van der Waals surface area contributed by atoms with Gasteiger partial charge in [-0.05, 0) is 39.9 Å². The van der Waals surface area contributed by atoms with Gasteiger partial charge in [0, 0.05) is 3.57 Å². The quantitative estimate of drug-likeness (QED) is 0.588. The van der Waals surface area contributed by atoms with E-state index >= 15 is 0 Å². The van der Waals surface area contributed by atoms with Crippen LogP contribution in [0.3, 0.4) is 0 Å². The molecule has 4 heteroatoms. The monoisotopic (exact) mass is 326 g/mol. The molecule has 0 spiro atoms. The first-order chi connectivity index (χ1) is 6.90. The number of hydrogen-bond donors (Lipinski definition) is 0. The van der Waals surface area contributed by atoms with Crippen molar-refractivity contribution in [3.8, 4) is 12.1 Å². The fourth-order valence-corrected chi connectivity index (χ4v) is 5.59. The summed E-state index contributed by atoms with van der Waals surface area (Å²) in [6.07, 6.45) is 0. The predicted octanol–water partition coefficient (Wildman–Crippen LogP) is 2.58. The summed E-state index contributed by atoms with van der Waals surface area (Å²) in [5.74, 6) is 0. The molecule has 0 aromatic heterocycles. The number of halogens is 1. The van der Waals surface area contributed by atoms with Gasteiger partial charge < -0.3 is 0 Å². The van der Waals surface area contributed by atoms with Gasteiger partial charge in [-0.15, -0.1) is 0 Å². The molecule has 2 nitrogen and oxygen atoms in total. The van der Waals surface area contributed by atoms with E-state index in [1.807, 2.05) is 12.1 Å². The summed E-state index contributed by atoms with van der Waals surface area (Å²) >= 11 is 2.24. The maximum atomic E-state index is 8.94. The van der Waals surface area contributed by atoms with Crippen molar-refractivity contribution in [3.05, 3.63) is 26.8 Å². The maximum Gasteiger partial charge on any atom is 0.101 e. The van der Waals surface area contributed by atoms with Gasteiger partial charge in [-0.25, -0.2) is 0 Å². The molecular weight excluding hydrogens is 315 g/mol. The molecule has 0 fully saturated rings. The molecule has 0 saturated carbocycles. The molecule has 15 heavy (non-hydrogen) atoms. The van der Waals surface area contributed by atoms with E-state index in [4.69, 9.17) is 10.5 Å². The first-order valence-corrected chi connectivity index (χ1v) is 9.12. The van der Waals surface area contributed by atoms with E-state index in [1.165, 1.54) is 5.19 Å². The summed E-state index contributed by atoms with van der Waals surface area (Å²) in [4.78, 5) is 0. The van der Waals surface area contributed by atoms with Gasteiger partial charge >= 0.3 is 0 Å². The largest absolute Gasteiger partial charge is 0.192 e. The zero-order valence-electron chi connectivity index (χ0n) is 8.93. The second-order valence-electron chi connectivity index (χ2n) is 4.35. The van der Waals surface area contributed by atoms with E-state index in [0.717, 1.165) is 3.57 Å². The molecule has 0 aliphatic rings. The van der Waals surface area contributed by atoms with E-state index in [0.29, 0.717) is 11.1 Å². The Kier molecular flexibility index (Phi) is 3.53. The number of nitrogens with zero attached hydrogens (tertiary/aromatic N) is 2. The molecular formula is C11H11IN2Si. The Hall–Kier alpha value is -0.853. The summed E-state index contributed by atoms with van der Waals surface area (Å²) in [6, 6.07) is 7.83. The Morgan fingerprint density at radius 2 is 1.53 bits per heavy atom. The van der Waals surface area contributed by atoms with Gasteiger partial charge in [0.15, 0.2) is 0 Å². The van der Waals surface area contributed by atoms with Crippen molar-refractivity contribution in [2.75, 3.05) is 0 Å². The van der Waals surface area contributed by atoms with Crippen LogP contribution in [-0.4, -0.2) is 8.07 Å². The summed E-state index contributed by atoms with van der Waals surface area (Å²) in [6.45, 7) is 6.70. The third-order valence-corrected chi connectivity index (χ3v) is 5.59. The third-order valence-electron chi connectivity index (χ3n) is 2.16. The highest BCUT2D eigenvalue weighted by atomic mass is 127. The highest BCUT2D eigenvalue weighted by Gasteiger charge is 2.21. The Morgan fingerprint density at radius 1 is 1.07 bits per heavy atom. The Balaban J connectivity index is 3.50. The molecule has 0 atom stereocenters. The molecule has 0 aliphatic heterocycles. The number of benzene rings is 1. The minimum absolute atomic E-state index is 0.476. The van der Waals surface area contributed by atoms with E-state index in [2.05, 4.69) is 54.4 Å². The fourth-order valence-electron chi connectivity index (χ4n) is 1.33. The van der Waals surface area contributed by atoms with Gasteiger partial charge in [0.25, 0.3) is 0 Å². The number of hydrogen-bond acceptors (Lipinski definition) is 2. The molecule has 0 unspecified atom stereocenters. The third kappa shape index (κ3) is 2.58. The summed E-state index contributed by atoms with van der Waals surface area (Å²) in [5.41, 5.74) is 0.972. The molecule has 76 valence electrons. The molecule has 1 aromatic rings. The van der Waals surface area contributed by atoms with Crippen molar-refractivity contribution in [1.29, 1.82) is 10.5 Å². The summed E-state index contributed by atoms with van der Waals surface area (Å²) < 4.78 is 1.10. The molecule has 0 radical (unpaired) electrons. The van der Waals surface area contributed by atoms with Gasteiger partial charge in [0.1, 0.15) is 12.1 Å². The first kappa shape index (κ1) is 12.2. The molecule has 0 aliphatic carbocycles. The zero-order chi connectivity index (χ0) is 11.6. The standard InChI is InChI=1S/C11H11IN2Si/c1-15(2,3)11-5-9(7-14)8(6-13)4-10(11)12/h4-5H,1-3H3. The second kappa shape index (κ2) is 4.34. The van der Waals surface area contributed by atoms with Crippen molar-refractivity contribution < 1.29 is 0 Å². The van der Waals surface area contributed by atoms with Crippen molar-refractivity contribution in [3.63, 3.8) is 0 Å². The minimum atomic E-state index is -1.43. The lowest BCUT2D eigenvalue weighted by Gasteiger charge is -2.19. The van der Waals surface area contributed by atoms with Crippen molar-refractivity contribution >= 4 is 35.9 Å². The highest BCUT2D eigenvalue weighted by molar-refractivity contribution is 14.1. The van der Waals surface area contributed by atoms with E-state index in [1.54, 1.807) is 0 Å². The smallest absolute Gasteiger partial charge is 0.101 e. The Labute approximate surface area is 105 Å². The first-order valence-electron chi connectivity index (χ1n) is 4.54. The predicted molar refractivity (Wildman–Crippen MR) is 71.6 cm³/mol. The van der Waals surface area contributed by atoms with Crippen LogP contribution in [0.4, 0.5) is 0 Å². The topological polar surface area (TPSA) is 47.6 Å². The normalized spacial score (nSPS) is 10.5. The van der Waals surface area contributed by atoms with Crippen molar-refractivity contribution in [2.24, 2.45) is 0 Å². The minimum Gasteiger partial charge on any atom is -0.192 e. The van der Waals surface area contributed by atoms with Crippen LogP contribution in [0.2, 0.25) is 19.6 Å². The van der Waals surface area contributed by atoms with E-state index < -0.39 is 8.07 Å². The molecule has 1 aromatic carbocycles. The van der Waals surface area contributed by atoms with Crippen LogP contribution in [0.15, 0.2) is 12.1 Å². The highest BCUT2D eigenvalue weighted by Crippen LogP contribution is 2.15. The van der Waals surface area contributed by atoms with Gasteiger partial charge in [-0.1, -0.05) is 19.6 Å². The zero-order valence-corrected chi connectivity index (χ0v) is 12.1. The molecule has 0 amide bonds. The number of nitriles is 2. The van der Waals surface area contributed by atoms with Gasteiger partial charge in [-0.3, -0.25) is 0 Å². The average molecular weight is 326 g/mol. The number of rotatable bonds is 1. The summed E-state index contributed by atoms with van der Waals surface area (Å²) in [7, 11) is -1.43. The van der Waals surface area contributed by atoms with Crippen LogP contribution in [0.5, 0.6) is 0 Å². The SMILES string of the molecule is C[Si](C)(C)c1cc(C#N)c(C#N)cc1I. The van der Waals surface area contributed by atoms with Crippen LogP contribution < -0.4 is 5.19 Å². The van der Waals surface area contributed by atoms with E-state index in [-0.39, 0.29) is 0 Å². The van der Waals surface area contributed by atoms with Gasteiger partial charge in [-0.2, -0.15) is 10.5 Å². The Bertz CT molecular complexity index is 475. The van der Waals surface area contributed by atoms with Crippen LogP contribution >= 0.6 is 22.6 Å². The van der Waals surface area contributed by atoms with Gasteiger partial charge in [0.2, 0.25) is 0 Å².